The van der Waals surface area contributed by atoms with E-state index in [0.29, 0.717) is 23.5 Å². The highest BCUT2D eigenvalue weighted by Crippen LogP contribution is 2.19. The number of urea groups is 1. The third-order valence-corrected chi connectivity index (χ3v) is 3.94. The van der Waals surface area contributed by atoms with Crippen molar-refractivity contribution in [3.63, 3.8) is 0 Å². The average Bonchev–Trinajstić information content (AvgIpc) is 2.65. The molecule has 1 saturated heterocycles. The zero-order valence-corrected chi connectivity index (χ0v) is 14.6. The highest BCUT2D eigenvalue weighted by atomic mass is 19.1. The SMILES string of the molecule is CCOc1ccc(/C=C2/C(=O)NC(=O)N(Cc3ccc(F)cc3)C2=O)cc1. The van der Waals surface area contributed by atoms with Gasteiger partial charge in [-0.2, -0.15) is 0 Å². The highest BCUT2D eigenvalue weighted by Gasteiger charge is 2.35. The first-order valence-corrected chi connectivity index (χ1v) is 8.34. The zero-order valence-electron chi connectivity index (χ0n) is 14.6. The van der Waals surface area contributed by atoms with Gasteiger partial charge in [-0.1, -0.05) is 24.3 Å². The summed E-state index contributed by atoms with van der Waals surface area (Å²) in [6.07, 6.45) is 1.41. The summed E-state index contributed by atoms with van der Waals surface area (Å²) in [5.41, 5.74) is 1.03. The smallest absolute Gasteiger partial charge is 0.331 e. The topological polar surface area (TPSA) is 75.7 Å². The first-order valence-electron chi connectivity index (χ1n) is 8.34. The molecular formula is C20H17FN2O4. The van der Waals surface area contributed by atoms with Gasteiger partial charge in [-0.3, -0.25) is 19.8 Å². The number of carbonyl (C=O) groups excluding carboxylic acids is 3. The molecule has 1 aliphatic heterocycles. The second-order valence-electron chi connectivity index (χ2n) is 5.84. The van der Waals surface area contributed by atoms with Crippen LogP contribution in [0.4, 0.5) is 9.18 Å². The minimum atomic E-state index is -0.807. The Morgan fingerprint density at radius 2 is 1.70 bits per heavy atom. The summed E-state index contributed by atoms with van der Waals surface area (Å²) in [4.78, 5) is 37.7. The number of imide groups is 2. The second kappa shape index (κ2) is 7.82. The third kappa shape index (κ3) is 4.20. The number of rotatable bonds is 5. The molecule has 1 aliphatic rings. The van der Waals surface area contributed by atoms with Crippen molar-refractivity contribution in [1.82, 2.24) is 10.2 Å². The van der Waals surface area contributed by atoms with Gasteiger partial charge in [-0.05, 0) is 48.4 Å². The number of barbiturate groups is 1. The number of ether oxygens (including phenoxy) is 1. The molecule has 138 valence electrons. The summed E-state index contributed by atoms with van der Waals surface area (Å²) in [7, 11) is 0. The standard InChI is InChI=1S/C20H17FN2O4/c1-2-27-16-9-5-13(6-10-16)11-17-18(24)22-20(26)23(19(17)25)12-14-3-7-15(21)8-4-14/h3-11H,2,12H2,1H3,(H,22,24,26)/b17-11-. The number of carbonyl (C=O) groups is 3. The fourth-order valence-corrected chi connectivity index (χ4v) is 2.60. The van der Waals surface area contributed by atoms with Gasteiger partial charge in [0.15, 0.2) is 0 Å². The molecule has 1 fully saturated rings. The molecule has 0 aromatic heterocycles. The van der Waals surface area contributed by atoms with Crippen molar-refractivity contribution in [2.75, 3.05) is 6.61 Å². The second-order valence-corrected chi connectivity index (χ2v) is 5.84. The minimum Gasteiger partial charge on any atom is -0.494 e. The lowest BCUT2D eigenvalue weighted by atomic mass is 10.1. The molecule has 0 unspecified atom stereocenters. The first-order chi connectivity index (χ1) is 13.0. The maximum absolute atomic E-state index is 13.0. The monoisotopic (exact) mass is 368 g/mol. The van der Waals surface area contributed by atoms with E-state index in [2.05, 4.69) is 5.32 Å². The molecule has 0 aliphatic carbocycles. The third-order valence-electron chi connectivity index (χ3n) is 3.94. The molecule has 1 N–H and O–H groups in total. The maximum Gasteiger partial charge on any atom is 0.331 e. The van der Waals surface area contributed by atoms with E-state index in [4.69, 9.17) is 4.74 Å². The first kappa shape index (κ1) is 18.3. The lowest BCUT2D eigenvalue weighted by molar-refractivity contribution is -0.130. The molecule has 2 aromatic carbocycles. The van der Waals surface area contributed by atoms with E-state index < -0.39 is 23.7 Å². The highest BCUT2D eigenvalue weighted by molar-refractivity contribution is 6.30. The molecule has 3 rings (SSSR count). The van der Waals surface area contributed by atoms with Gasteiger partial charge in [-0.25, -0.2) is 9.18 Å². The van der Waals surface area contributed by atoms with Gasteiger partial charge in [0, 0.05) is 0 Å². The van der Waals surface area contributed by atoms with Crippen molar-refractivity contribution < 1.29 is 23.5 Å². The minimum absolute atomic E-state index is 0.0706. The summed E-state index contributed by atoms with van der Waals surface area (Å²) in [5.74, 6) is -1.21. The quantitative estimate of drug-likeness (QED) is 0.650. The van der Waals surface area contributed by atoms with Crippen LogP contribution in [0.3, 0.4) is 0 Å². The lowest BCUT2D eigenvalue weighted by Crippen LogP contribution is -2.53. The summed E-state index contributed by atoms with van der Waals surface area (Å²) in [6.45, 7) is 2.33. The van der Waals surface area contributed by atoms with Crippen LogP contribution in [-0.4, -0.2) is 29.4 Å². The van der Waals surface area contributed by atoms with Gasteiger partial charge >= 0.3 is 6.03 Å². The van der Waals surface area contributed by atoms with Gasteiger partial charge in [-0.15, -0.1) is 0 Å². The van der Waals surface area contributed by atoms with Crippen molar-refractivity contribution in [2.24, 2.45) is 0 Å². The molecule has 27 heavy (non-hydrogen) atoms. The molecule has 7 heteroatoms. The Morgan fingerprint density at radius 3 is 2.33 bits per heavy atom. The fourth-order valence-electron chi connectivity index (χ4n) is 2.60. The van der Waals surface area contributed by atoms with Crippen molar-refractivity contribution in [1.29, 1.82) is 0 Å². The van der Waals surface area contributed by atoms with E-state index in [-0.39, 0.29) is 12.1 Å². The fraction of sp³-hybridized carbons (Fsp3) is 0.150. The van der Waals surface area contributed by atoms with Gasteiger partial charge in [0.05, 0.1) is 13.2 Å². The van der Waals surface area contributed by atoms with Crippen LogP contribution in [0, 0.1) is 5.82 Å². The van der Waals surface area contributed by atoms with Crippen LogP contribution in [0.5, 0.6) is 5.75 Å². The van der Waals surface area contributed by atoms with Crippen LogP contribution in [0.2, 0.25) is 0 Å². The molecule has 0 atom stereocenters. The van der Waals surface area contributed by atoms with E-state index >= 15 is 0 Å². The molecule has 4 amide bonds. The van der Waals surface area contributed by atoms with E-state index in [9.17, 15) is 18.8 Å². The van der Waals surface area contributed by atoms with E-state index in [1.54, 1.807) is 24.3 Å². The van der Waals surface area contributed by atoms with Crippen molar-refractivity contribution in [2.45, 2.75) is 13.5 Å². The molecule has 0 saturated carbocycles. The normalized spacial score (nSPS) is 15.9. The Balaban J connectivity index is 1.84. The van der Waals surface area contributed by atoms with Crippen LogP contribution < -0.4 is 10.1 Å². The zero-order chi connectivity index (χ0) is 19.4. The van der Waals surface area contributed by atoms with E-state index in [1.165, 1.54) is 30.3 Å². The Hall–Kier alpha value is -3.48. The summed E-state index contributed by atoms with van der Waals surface area (Å²) < 4.78 is 18.4. The summed E-state index contributed by atoms with van der Waals surface area (Å²) in [6, 6.07) is 11.5. The Kier molecular flexibility index (Phi) is 5.30. The number of hydrogen-bond donors (Lipinski definition) is 1. The lowest BCUT2D eigenvalue weighted by Gasteiger charge is -2.26. The van der Waals surface area contributed by atoms with Gasteiger partial charge in [0.25, 0.3) is 11.8 Å². The van der Waals surface area contributed by atoms with Crippen molar-refractivity contribution in [3.8, 4) is 5.75 Å². The van der Waals surface area contributed by atoms with Crippen LogP contribution >= 0.6 is 0 Å². The number of nitrogens with zero attached hydrogens (tertiary/aromatic N) is 1. The largest absolute Gasteiger partial charge is 0.494 e. The van der Waals surface area contributed by atoms with E-state index in [0.717, 1.165) is 4.90 Å². The summed E-state index contributed by atoms with van der Waals surface area (Å²) in [5, 5.41) is 2.15. The molecule has 2 aromatic rings. The number of amides is 4. The molecule has 0 bridgehead atoms. The van der Waals surface area contributed by atoms with E-state index in [1.807, 2.05) is 6.92 Å². The molecule has 0 radical (unpaired) electrons. The Bertz CT molecular complexity index is 905. The maximum atomic E-state index is 13.0. The van der Waals surface area contributed by atoms with Gasteiger partial charge in [0.2, 0.25) is 0 Å². The van der Waals surface area contributed by atoms with Crippen LogP contribution in [0.25, 0.3) is 6.08 Å². The summed E-state index contributed by atoms with van der Waals surface area (Å²) >= 11 is 0. The number of halogens is 1. The van der Waals surface area contributed by atoms with Crippen molar-refractivity contribution >= 4 is 23.9 Å². The van der Waals surface area contributed by atoms with Crippen molar-refractivity contribution in [3.05, 3.63) is 71.0 Å². The molecule has 6 nitrogen and oxygen atoms in total. The van der Waals surface area contributed by atoms with Crippen LogP contribution in [0.15, 0.2) is 54.1 Å². The Morgan fingerprint density at radius 1 is 1.04 bits per heavy atom. The predicted octanol–water partition coefficient (Wildman–Crippen LogP) is 2.89. The van der Waals surface area contributed by atoms with Gasteiger partial charge < -0.3 is 4.74 Å². The predicted molar refractivity (Wildman–Crippen MR) is 96.1 cm³/mol. The van der Waals surface area contributed by atoms with Crippen LogP contribution in [0.1, 0.15) is 18.1 Å². The molecule has 0 spiro atoms. The number of hydrogen-bond acceptors (Lipinski definition) is 4. The van der Waals surface area contributed by atoms with Gasteiger partial charge in [0.1, 0.15) is 17.1 Å². The molecule has 1 heterocycles. The Labute approximate surface area is 155 Å². The number of benzene rings is 2. The number of nitrogens with one attached hydrogen (secondary N) is 1. The van der Waals surface area contributed by atoms with Crippen LogP contribution in [-0.2, 0) is 16.1 Å². The average molecular weight is 368 g/mol. The molecular weight excluding hydrogens is 351 g/mol.